The first-order valence-corrected chi connectivity index (χ1v) is 11.9. The Morgan fingerprint density at radius 3 is 2.24 bits per heavy atom. The first-order valence-electron chi connectivity index (χ1n) is 11.3. The molecule has 12 heteroatoms. The van der Waals surface area contributed by atoms with Gasteiger partial charge < -0.3 is 32.3 Å². The van der Waals surface area contributed by atoms with Gasteiger partial charge in [-0.1, -0.05) is 13.8 Å². The van der Waals surface area contributed by atoms with E-state index in [2.05, 4.69) is 28.6 Å². The quantitative estimate of drug-likeness (QED) is 0.138. The number of hydrogen-bond acceptors (Lipinski definition) is 7. The standard InChI is InChI=1S/C21H38N6O5S/c1-12(2)17(18(23)29)26-20(31)16-8-6-10-27(16)21(32)14(7-4-5-9-22)25-19(30)15(11-33)24-13(3)28/h12,14-17,33H,4-11,22H2,1-3H3,(H2,23,29)(H,24,28)(H,25,30)(H,26,31)/t14-,15-,16-,17-/m0/s1. The molecule has 5 amide bonds. The summed E-state index contributed by atoms with van der Waals surface area (Å²) in [6.45, 7) is 5.62. The van der Waals surface area contributed by atoms with E-state index in [1.807, 2.05) is 0 Å². The van der Waals surface area contributed by atoms with Gasteiger partial charge in [0, 0.05) is 19.2 Å². The molecule has 0 saturated carbocycles. The summed E-state index contributed by atoms with van der Waals surface area (Å²) in [5.74, 6) is -2.53. The number of unbranched alkanes of at least 4 members (excludes halogenated alkanes) is 1. The van der Waals surface area contributed by atoms with Crippen LogP contribution in [0, 0.1) is 5.92 Å². The Balaban J connectivity index is 2.99. The van der Waals surface area contributed by atoms with E-state index in [0.29, 0.717) is 45.2 Å². The van der Waals surface area contributed by atoms with Crippen molar-refractivity contribution in [1.29, 1.82) is 0 Å². The zero-order valence-electron chi connectivity index (χ0n) is 19.6. The lowest BCUT2D eigenvalue weighted by Crippen LogP contribution is -2.58. The second kappa shape index (κ2) is 14.0. The van der Waals surface area contributed by atoms with Gasteiger partial charge in [-0.05, 0) is 44.6 Å². The molecule has 0 aromatic rings. The molecule has 1 saturated heterocycles. The van der Waals surface area contributed by atoms with Crippen LogP contribution in [0.5, 0.6) is 0 Å². The molecule has 188 valence electrons. The van der Waals surface area contributed by atoms with Crippen molar-refractivity contribution in [3.8, 4) is 0 Å². The number of likely N-dealkylation sites (tertiary alicyclic amines) is 1. The lowest BCUT2D eigenvalue weighted by atomic mass is 10.0. The second-order valence-electron chi connectivity index (χ2n) is 8.60. The van der Waals surface area contributed by atoms with Crippen LogP contribution in [0.25, 0.3) is 0 Å². The van der Waals surface area contributed by atoms with E-state index in [-0.39, 0.29) is 23.5 Å². The maximum atomic E-state index is 13.4. The van der Waals surface area contributed by atoms with Crippen molar-refractivity contribution in [3.63, 3.8) is 0 Å². The summed E-state index contributed by atoms with van der Waals surface area (Å²) in [4.78, 5) is 63.4. The summed E-state index contributed by atoms with van der Waals surface area (Å²) in [5.41, 5.74) is 11.0. The molecule has 33 heavy (non-hydrogen) atoms. The SMILES string of the molecule is CC(=O)N[C@@H](CS)C(=O)N[C@@H](CCCCN)C(=O)N1CCC[C@H]1C(=O)N[C@H](C(N)=O)C(C)C. The predicted octanol–water partition coefficient (Wildman–Crippen LogP) is -1.35. The topological polar surface area (TPSA) is 177 Å². The Morgan fingerprint density at radius 2 is 1.73 bits per heavy atom. The van der Waals surface area contributed by atoms with Gasteiger partial charge in [-0.2, -0.15) is 12.6 Å². The Hall–Kier alpha value is -2.34. The number of primary amides is 1. The number of carbonyl (C=O) groups is 5. The van der Waals surface area contributed by atoms with E-state index in [1.54, 1.807) is 13.8 Å². The van der Waals surface area contributed by atoms with Gasteiger partial charge in [0.15, 0.2) is 0 Å². The molecular weight excluding hydrogens is 448 g/mol. The van der Waals surface area contributed by atoms with Crippen LogP contribution in [0.15, 0.2) is 0 Å². The molecule has 1 aliphatic rings. The molecule has 0 bridgehead atoms. The normalized spacial score (nSPS) is 18.4. The molecule has 1 fully saturated rings. The maximum Gasteiger partial charge on any atom is 0.245 e. The third-order valence-electron chi connectivity index (χ3n) is 5.55. The fourth-order valence-corrected chi connectivity index (χ4v) is 4.04. The number of nitrogens with zero attached hydrogens (tertiary/aromatic N) is 1. The highest BCUT2D eigenvalue weighted by Crippen LogP contribution is 2.20. The number of rotatable bonds is 13. The average Bonchev–Trinajstić information content (AvgIpc) is 3.23. The fourth-order valence-electron chi connectivity index (χ4n) is 3.78. The van der Waals surface area contributed by atoms with Gasteiger partial charge in [0.1, 0.15) is 24.2 Å². The van der Waals surface area contributed by atoms with Crippen LogP contribution in [0.3, 0.4) is 0 Å². The summed E-state index contributed by atoms with van der Waals surface area (Å²) in [6.07, 6.45) is 2.65. The maximum absolute atomic E-state index is 13.4. The molecule has 0 aromatic carbocycles. The Morgan fingerprint density at radius 1 is 1.06 bits per heavy atom. The van der Waals surface area contributed by atoms with Crippen molar-refractivity contribution in [1.82, 2.24) is 20.9 Å². The zero-order chi connectivity index (χ0) is 25.1. The van der Waals surface area contributed by atoms with Crippen molar-refractivity contribution in [3.05, 3.63) is 0 Å². The van der Waals surface area contributed by atoms with E-state index in [9.17, 15) is 24.0 Å². The van der Waals surface area contributed by atoms with E-state index >= 15 is 0 Å². The zero-order valence-corrected chi connectivity index (χ0v) is 20.5. The van der Waals surface area contributed by atoms with Gasteiger partial charge in [0.25, 0.3) is 0 Å². The highest BCUT2D eigenvalue weighted by atomic mass is 32.1. The molecule has 11 nitrogen and oxygen atoms in total. The third-order valence-corrected chi connectivity index (χ3v) is 5.91. The van der Waals surface area contributed by atoms with Crippen molar-refractivity contribution in [2.24, 2.45) is 17.4 Å². The summed E-state index contributed by atoms with van der Waals surface area (Å²) in [5, 5.41) is 7.86. The van der Waals surface area contributed by atoms with Gasteiger partial charge in [0.2, 0.25) is 29.5 Å². The minimum atomic E-state index is -0.893. The first-order chi connectivity index (χ1) is 15.5. The van der Waals surface area contributed by atoms with Crippen LogP contribution in [0.4, 0.5) is 0 Å². The molecule has 1 aliphatic heterocycles. The van der Waals surface area contributed by atoms with Gasteiger partial charge >= 0.3 is 0 Å². The summed E-state index contributed by atoms with van der Waals surface area (Å²) < 4.78 is 0. The number of hydrogen-bond donors (Lipinski definition) is 6. The van der Waals surface area contributed by atoms with E-state index < -0.39 is 41.9 Å². The molecule has 7 N–H and O–H groups in total. The first kappa shape index (κ1) is 28.7. The molecule has 4 atom stereocenters. The van der Waals surface area contributed by atoms with Crippen LogP contribution < -0.4 is 27.4 Å². The van der Waals surface area contributed by atoms with Gasteiger partial charge in [-0.25, -0.2) is 0 Å². The van der Waals surface area contributed by atoms with Gasteiger partial charge in [-0.3, -0.25) is 24.0 Å². The molecular formula is C21H38N6O5S. The van der Waals surface area contributed by atoms with Crippen molar-refractivity contribution in [2.45, 2.75) is 77.0 Å². The van der Waals surface area contributed by atoms with E-state index in [1.165, 1.54) is 11.8 Å². The molecule has 0 radical (unpaired) electrons. The van der Waals surface area contributed by atoms with Gasteiger partial charge in [0.05, 0.1) is 0 Å². The molecule has 0 aliphatic carbocycles. The molecule has 1 heterocycles. The lowest BCUT2D eigenvalue weighted by molar-refractivity contribution is -0.142. The van der Waals surface area contributed by atoms with Crippen LogP contribution in [-0.2, 0) is 24.0 Å². The Labute approximate surface area is 200 Å². The van der Waals surface area contributed by atoms with E-state index in [4.69, 9.17) is 11.5 Å². The summed E-state index contributed by atoms with van der Waals surface area (Å²) in [7, 11) is 0. The minimum absolute atomic E-state index is 0.0631. The summed E-state index contributed by atoms with van der Waals surface area (Å²) >= 11 is 4.10. The number of amides is 5. The average molecular weight is 487 g/mol. The number of thiol groups is 1. The molecule has 1 rings (SSSR count). The number of nitrogens with two attached hydrogens (primary N) is 2. The largest absolute Gasteiger partial charge is 0.368 e. The minimum Gasteiger partial charge on any atom is -0.368 e. The molecule has 0 spiro atoms. The Bertz CT molecular complexity index is 719. The van der Waals surface area contributed by atoms with Crippen LogP contribution in [-0.4, -0.2) is 77.4 Å². The lowest BCUT2D eigenvalue weighted by Gasteiger charge is -2.30. The van der Waals surface area contributed by atoms with Crippen LogP contribution in [0.2, 0.25) is 0 Å². The van der Waals surface area contributed by atoms with Gasteiger partial charge in [-0.15, -0.1) is 0 Å². The number of nitrogens with one attached hydrogen (secondary N) is 3. The van der Waals surface area contributed by atoms with Crippen LogP contribution >= 0.6 is 12.6 Å². The fraction of sp³-hybridized carbons (Fsp3) is 0.762. The molecule has 0 aromatic heterocycles. The van der Waals surface area contributed by atoms with Crippen molar-refractivity contribution < 1.29 is 24.0 Å². The second-order valence-corrected chi connectivity index (χ2v) is 8.97. The monoisotopic (exact) mass is 486 g/mol. The van der Waals surface area contributed by atoms with Crippen molar-refractivity contribution in [2.75, 3.05) is 18.8 Å². The highest BCUT2D eigenvalue weighted by molar-refractivity contribution is 7.80. The molecule has 0 unspecified atom stereocenters. The highest BCUT2D eigenvalue weighted by Gasteiger charge is 2.39. The number of carbonyl (C=O) groups excluding carboxylic acids is 5. The van der Waals surface area contributed by atoms with Crippen LogP contribution in [0.1, 0.15) is 52.9 Å². The Kier molecular flexibility index (Phi) is 12.2. The van der Waals surface area contributed by atoms with E-state index in [0.717, 1.165) is 0 Å². The third kappa shape index (κ3) is 8.84. The predicted molar refractivity (Wildman–Crippen MR) is 127 cm³/mol. The smallest absolute Gasteiger partial charge is 0.245 e. The summed E-state index contributed by atoms with van der Waals surface area (Å²) in [6, 6.07) is -3.38. The van der Waals surface area contributed by atoms with Crippen molar-refractivity contribution >= 4 is 42.2 Å².